The lowest BCUT2D eigenvalue weighted by molar-refractivity contribution is -0.145. The minimum Gasteiger partial charge on any atom is -0.492 e. The van der Waals surface area contributed by atoms with E-state index in [9.17, 15) is 18.3 Å². The molecule has 4 aromatic rings. The second-order valence-corrected chi connectivity index (χ2v) is 10.5. The molecule has 0 aliphatic rings. The van der Waals surface area contributed by atoms with Crippen LogP contribution < -0.4 is 19.5 Å². The number of rotatable bonds is 13. The summed E-state index contributed by atoms with van der Waals surface area (Å²) in [6, 6.07) is 18.1. The highest BCUT2D eigenvalue weighted by Crippen LogP contribution is 2.30. The maximum Gasteiger partial charge on any atom is 0.344 e. The summed E-state index contributed by atoms with van der Waals surface area (Å²) in [6.07, 6.45) is 0.278. The van der Waals surface area contributed by atoms with Crippen LogP contribution in [0.3, 0.4) is 0 Å². The summed E-state index contributed by atoms with van der Waals surface area (Å²) in [7, 11) is -3.39. The van der Waals surface area contributed by atoms with Gasteiger partial charge in [0.15, 0.2) is 6.61 Å². The van der Waals surface area contributed by atoms with Gasteiger partial charge in [-0.15, -0.1) is 0 Å². The maximum atomic E-state index is 11.5. The van der Waals surface area contributed by atoms with Crippen LogP contribution in [0.1, 0.15) is 18.6 Å². The van der Waals surface area contributed by atoms with E-state index in [0.717, 1.165) is 28.1 Å². The number of esters is 1. The third-order valence-corrected chi connectivity index (χ3v) is 6.27. The first kappa shape index (κ1) is 27.2. The summed E-state index contributed by atoms with van der Waals surface area (Å²) in [6.45, 7) is 3.10. The minimum atomic E-state index is -3.39. The number of benzene rings is 3. The van der Waals surface area contributed by atoms with Crippen molar-refractivity contribution >= 4 is 43.5 Å². The number of carbonyl (C=O) groups excluding carboxylic acids is 1. The summed E-state index contributed by atoms with van der Waals surface area (Å²) >= 11 is 0. The number of aromatic amines is 1. The molecule has 3 aromatic carbocycles. The fourth-order valence-corrected chi connectivity index (χ4v) is 4.57. The Kier molecular flexibility index (Phi) is 8.72. The first-order valence-corrected chi connectivity index (χ1v) is 14.0. The van der Waals surface area contributed by atoms with Gasteiger partial charge >= 0.3 is 5.97 Å². The number of hydrogen-bond donors (Lipinski definition) is 4. The lowest BCUT2D eigenvalue weighted by atomic mass is 10.1. The number of aliphatic hydroxyl groups is 1. The Morgan fingerprint density at radius 2 is 1.68 bits per heavy atom. The Balaban J connectivity index is 1.28. The van der Waals surface area contributed by atoms with E-state index >= 15 is 0 Å². The highest BCUT2D eigenvalue weighted by atomic mass is 32.2. The van der Waals surface area contributed by atoms with Crippen LogP contribution in [0, 0.1) is 0 Å². The van der Waals surface area contributed by atoms with Crippen LogP contribution in [0.4, 0.5) is 5.69 Å². The molecule has 0 aliphatic heterocycles. The first-order chi connectivity index (χ1) is 18.2. The van der Waals surface area contributed by atoms with Crippen LogP contribution in [0.15, 0.2) is 60.7 Å². The van der Waals surface area contributed by atoms with Gasteiger partial charge in [-0.2, -0.15) is 0 Å². The normalized spacial score (nSPS) is 12.4. The van der Waals surface area contributed by atoms with Gasteiger partial charge in [-0.05, 0) is 48.9 Å². The van der Waals surface area contributed by atoms with E-state index in [1.165, 1.54) is 0 Å². The van der Waals surface area contributed by atoms with E-state index in [2.05, 4.69) is 15.0 Å². The van der Waals surface area contributed by atoms with Crippen LogP contribution >= 0.6 is 0 Å². The lowest BCUT2D eigenvalue weighted by Gasteiger charge is -2.14. The van der Waals surface area contributed by atoms with Crippen LogP contribution in [-0.2, 0) is 19.6 Å². The molecule has 0 amide bonds. The average Bonchev–Trinajstić information content (AvgIpc) is 3.23. The SMILES string of the molecule is CCOC(=O)COc1ccc2c(c1)[nH]c1cc(OCCNC[C@H](O)c3cccc(NS(C)(=O)=O)c3)ccc12. The molecule has 202 valence electrons. The molecule has 4 N–H and O–H groups in total. The molecule has 0 fully saturated rings. The quantitative estimate of drug-likeness (QED) is 0.149. The van der Waals surface area contributed by atoms with Gasteiger partial charge in [0, 0.05) is 41.7 Å². The van der Waals surface area contributed by atoms with Gasteiger partial charge in [-0.25, -0.2) is 13.2 Å². The van der Waals surface area contributed by atoms with Crippen molar-refractivity contribution < 1.29 is 32.5 Å². The van der Waals surface area contributed by atoms with Gasteiger partial charge < -0.3 is 29.6 Å². The molecule has 1 aromatic heterocycles. The van der Waals surface area contributed by atoms with Gasteiger partial charge in [0.1, 0.15) is 18.1 Å². The molecule has 0 saturated carbocycles. The Morgan fingerprint density at radius 1 is 1.00 bits per heavy atom. The van der Waals surface area contributed by atoms with Crippen molar-refractivity contribution in [1.82, 2.24) is 10.3 Å². The molecular weight excluding hydrogens is 510 g/mol. The largest absolute Gasteiger partial charge is 0.492 e. The van der Waals surface area contributed by atoms with Gasteiger partial charge in [-0.1, -0.05) is 12.1 Å². The molecule has 0 aliphatic carbocycles. The zero-order valence-electron chi connectivity index (χ0n) is 21.2. The van der Waals surface area contributed by atoms with Crippen LogP contribution in [0.25, 0.3) is 21.8 Å². The molecular formula is C27H31N3O7S. The van der Waals surface area contributed by atoms with Crippen LogP contribution in [-0.4, -0.2) is 63.6 Å². The number of carbonyl (C=O) groups is 1. The predicted octanol–water partition coefficient (Wildman–Crippen LogP) is 3.34. The minimum absolute atomic E-state index is 0.143. The van der Waals surface area contributed by atoms with Crippen molar-refractivity contribution in [3.05, 3.63) is 66.2 Å². The molecule has 11 heteroatoms. The van der Waals surface area contributed by atoms with E-state index in [1.807, 2.05) is 36.4 Å². The molecule has 0 bridgehead atoms. The van der Waals surface area contributed by atoms with E-state index in [1.54, 1.807) is 31.2 Å². The molecule has 0 saturated heterocycles. The van der Waals surface area contributed by atoms with Gasteiger partial charge in [-0.3, -0.25) is 4.72 Å². The summed E-state index contributed by atoms with van der Waals surface area (Å²) < 4.78 is 41.5. The molecule has 38 heavy (non-hydrogen) atoms. The highest BCUT2D eigenvalue weighted by molar-refractivity contribution is 7.92. The third kappa shape index (κ3) is 7.37. The van der Waals surface area contributed by atoms with Gasteiger partial charge in [0.2, 0.25) is 10.0 Å². The third-order valence-electron chi connectivity index (χ3n) is 5.66. The summed E-state index contributed by atoms with van der Waals surface area (Å²) in [5, 5.41) is 15.7. The fraction of sp³-hybridized carbons (Fsp3) is 0.296. The number of aromatic nitrogens is 1. The number of nitrogens with one attached hydrogen (secondary N) is 3. The Hall–Kier alpha value is -3.80. The molecule has 4 rings (SSSR count). The second-order valence-electron chi connectivity index (χ2n) is 8.70. The average molecular weight is 542 g/mol. The zero-order chi connectivity index (χ0) is 27.1. The van der Waals surface area contributed by atoms with Crippen molar-refractivity contribution in [2.45, 2.75) is 13.0 Å². The number of ether oxygens (including phenoxy) is 3. The van der Waals surface area contributed by atoms with Crippen molar-refractivity contribution in [1.29, 1.82) is 0 Å². The van der Waals surface area contributed by atoms with E-state index in [4.69, 9.17) is 14.2 Å². The zero-order valence-corrected chi connectivity index (χ0v) is 22.0. The Labute approximate surface area is 221 Å². The molecule has 0 spiro atoms. The maximum absolute atomic E-state index is 11.5. The highest BCUT2D eigenvalue weighted by Gasteiger charge is 2.11. The number of H-pyrrole nitrogens is 1. The fourth-order valence-electron chi connectivity index (χ4n) is 4.01. The lowest BCUT2D eigenvalue weighted by Crippen LogP contribution is -2.26. The van der Waals surface area contributed by atoms with Crippen molar-refractivity contribution in [2.24, 2.45) is 0 Å². The van der Waals surface area contributed by atoms with E-state index in [-0.39, 0.29) is 13.2 Å². The van der Waals surface area contributed by atoms with E-state index in [0.29, 0.717) is 42.5 Å². The Morgan fingerprint density at radius 3 is 2.34 bits per heavy atom. The van der Waals surface area contributed by atoms with Crippen molar-refractivity contribution in [3.8, 4) is 11.5 Å². The topological polar surface area (TPSA) is 139 Å². The van der Waals surface area contributed by atoms with E-state index < -0.39 is 22.1 Å². The number of fused-ring (bicyclic) bond motifs is 3. The predicted molar refractivity (Wildman–Crippen MR) is 146 cm³/mol. The monoisotopic (exact) mass is 541 g/mol. The van der Waals surface area contributed by atoms with Crippen LogP contribution in [0.5, 0.6) is 11.5 Å². The Bertz CT molecular complexity index is 1520. The molecule has 1 heterocycles. The smallest absolute Gasteiger partial charge is 0.344 e. The summed E-state index contributed by atoms with van der Waals surface area (Å²) in [5.74, 6) is 0.858. The molecule has 10 nitrogen and oxygen atoms in total. The number of hydrogen-bond acceptors (Lipinski definition) is 8. The summed E-state index contributed by atoms with van der Waals surface area (Å²) in [5.41, 5.74) is 2.79. The number of aliphatic hydroxyl groups excluding tert-OH is 1. The summed E-state index contributed by atoms with van der Waals surface area (Å²) in [4.78, 5) is 14.9. The van der Waals surface area contributed by atoms with Crippen LogP contribution in [0.2, 0.25) is 0 Å². The standard InChI is InChI=1S/C27H31N3O7S/c1-3-35-27(32)17-37-21-8-10-23-22-9-7-20(14-24(22)29-25(23)15-21)36-12-11-28-16-26(31)18-5-4-6-19(13-18)30-38(2,33)34/h4-10,13-15,26,28-31H,3,11-12,16-17H2,1-2H3/t26-/m0/s1. The second kappa shape index (κ2) is 12.2. The number of sulfonamides is 1. The van der Waals surface area contributed by atoms with Crippen molar-refractivity contribution in [2.75, 3.05) is 43.9 Å². The first-order valence-electron chi connectivity index (χ1n) is 12.1. The van der Waals surface area contributed by atoms with Gasteiger partial charge in [0.25, 0.3) is 0 Å². The number of anilines is 1. The molecule has 0 radical (unpaired) electrons. The molecule has 0 unspecified atom stereocenters. The molecule has 1 atom stereocenters. The van der Waals surface area contributed by atoms with Gasteiger partial charge in [0.05, 0.1) is 30.0 Å². The van der Waals surface area contributed by atoms with Crippen molar-refractivity contribution in [3.63, 3.8) is 0 Å².